The Morgan fingerprint density at radius 1 is 1.28 bits per heavy atom. The summed E-state index contributed by atoms with van der Waals surface area (Å²) in [4.78, 5) is 19.0. The van der Waals surface area contributed by atoms with Crippen LogP contribution in [0.4, 0.5) is 5.69 Å². The number of aliphatic hydroxyl groups excluding tert-OH is 1. The maximum Gasteiger partial charge on any atom is 0.255 e. The molecule has 1 aromatic heterocycles. The molecule has 2 saturated heterocycles. The number of hydrogen-bond acceptors (Lipinski definition) is 5. The van der Waals surface area contributed by atoms with Gasteiger partial charge in [0, 0.05) is 49.6 Å². The third-order valence-electron chi connectivity index (χ3n) is 6.75. The van der Waals surface area contributed by atoms with E-state index in [1.807, 2.05) is 23.1 Å². The Hall–Kier alpha value is -1.60. The Bertz CT molecular complexity index is 933. The maximum absolute atomic E-state index is 13.4. The van der Waals surface area contributed by atoms with Crippen LogP contribution in [0.2, 0.25) is 4.34 Å². The lowest BCUT2D eigenvalue weighted by Crippen LogP contribution is -2.39. The number of likely N-dealkylation sites (tertiary alicyclic amines) is 2. The lowest BCUT2D eigenvalue weighted by Gasteiger charge is -2.28. The number of nitrogens with one attached hydrogen (secondary N) is 1. The zero-order valence-electron chi connectivity index (χ0n) is 16.4. The predicted octanol–water partition coefficient (Wildman–Crippen LogP) is 3.33. The predicted molar refractivity (Wildman–Crippen MR) is 117 cm³/mol. The van der Waals surface area contributed by atoms with Crippen LogP contribution in [0.25, 0.3) is 0 Å². The number of hydrogen-bond donors (Lipinski definition) is 2. The molecule has 1 aromatic carbocycles. The molecule has 7 heteroatoms. The fourth-order valence-electron chi connectivity index (χ4n) is 5.30. The van der Waals surface area contributed by atoms with Crippen LogP contribution in [0.3, 0.4) is 0 Å². The molecule has 0 spiro atoms. The highest BCUT2D eigenvalue weighted by Crippen LogP contribution is 2.44. The third kappa shape index (κ3) is 3.46. The summed E-state index contributed by atoms with van der Waals surface area (Å²) in [6, 6.07) is 10.1. The Morgan fingerprint density at radius 2 is 2.17 bits per heavy atom. The number of amides is 1. The number of nitrogens with zero attached hydrogens (tertiary/aromatic N) is 2. The summed E-state index contributed by atoms with van der Waals surface area (Å²) in [6.07, 6.45) is 2.13. The normalized spacial score (nSPS) is 26.3. The van der Waals surface area contributed by atoms with Crippen LogP contribution in [0.15, 0.2) is 30.3 Å². The molecular weight excluding hydrogens is 406 g/mol. The molecule has 3 aliphatic rings. The third-order valence-corrected chi connectivity index (χ3v) is 7.96. The van der Waals surface area contributed by atoms with E-state index in [1.165, 1.54) is 10.4 Å². The van der Waals surface area contributed by atoms with Gasteiger partial charge in [-0.2, -0.15) is 0 Å². The average molecular weight is 432 g/mol. The quantitative estimate of drug-likeness (QED) is 0.779. The standard InChI is InChI=1S/C22H26ClN3O2S/c23-19-7-6-17(29-19)11-25-9-16-10-26(13-22(16,12-25)14-27)21(28)18-5-1-3-15-4-2-8-24-20(15)18/h1,3,5-7,16,24,27H,2,4,8-14H2. The molecule has 0 bridgehead atoms. The van der Waals surface area contributed by atoms with Crippen molar-refractivity contribution in [1.82, 2.24) is 9.80 Å². The summed E-state index contributed by atoms with van der Waals surface area (Å²) >= 11 is 7.68. The molecule has 29 heavy (non-hydrogen) atoms. The van der Waals surface area contributed by atoms with Gasteiger partial charge in [-0.15, -0.1) is 11.3 Å². The van der Waals surface area contributed by atoms with Crippen LogP contribution < -0.4 is 5.32 Å². The van der Waals surface area contributed by atoms with E-state index < -0.39 is 0 Å². The molecule has 2 atom stereocenters. The highest BCUT2D eigenvalue weighted by molar-refractivity contribution is 7.16. The van der Waals surface area contributed by atoms with Crippen molar-refractivity contribution in [3.8, 4) is 0 Å². The Kier molecular flexibility index (Phi) is 5.06. The molecule has 2 fully saturated rings. The fraction of sp³-hybridized carbons (Fsp3) is 0.500. The van der Waals surface area contributed by atoms with Crippen LogP contribution in [-0.4, -0.2) is 60.1 Å². The second-order valence-corrected chi connectivity index (χ2v) is 10.4. The number of carbonyl (C=O) groups excluding carboxylic acids is 1. The lowest BCUT2D eigenvalue weighted by atomic mass is 9.82. The van der Waals surface area contributed by atoms with Crippen molar-refractivity contribution in [1.29, 1.82) is 0 Å². The highest BCUT2D eigenvalue weighted by atomic mass is 35.5. The van der Waals surface area contributed by atoms with Crippen LogP contribution in [0.1, 0.15) is 27.2 Å². The van der Waals surface area contributed by atoms with Crippen LogP contribution in [0, 0.1) is 11.3 Å². The summed E-state index contributed by atoms with van der Waals surface area (Å²) in [5.41, 5.74) is 2.80. The SMILES string of the molecule is O=C(c1cccc2c1NCCC2)N1CC2CN(Cc3ccc(Cl)s3)CC2(CO)C1. The van der Waals surface area contributed by atoms with Gasteiger partial charge in [0.2, 0.25) is 0 Å². The first-order valence-corrected chi connectivity index (χ1v) is 11.5. The van der Waals surface area contributed by atoms with Gasteiger partial charge in [-0.05, 0) is 42.5 Å². The number of anilines is 1. The number of benzene rings is 1. The van der Waals surface area contributed by atoms with Crippen molar-refractivity contribution in [2.24, 2.45) is 11.3 Å². The van der Waals surface area contributed by atoms with E-state index in [2.05, 4.69) is 22.3 Å². The largest absolute Gasteiger partial charge is 0.396 e. The molecule has 5 nitrogen and oxygen atoms in total. The maximum atomic E-state index is 13.4. The summed E-state index contributed by atoms with van der Waals surface area (Å²) < 4.78 is 0.813. The minimum Gasteiger partial charge on any atom is -0.396 e. The minimum absolute atomic E-state index is 0.0927. The first kappa shape index (κ1) is 19.4. The monoisotopic (exact) mass is 431 g/mol. The van der Waals surface area contributed by atoms with Crippen LogP contribution in [0.5, 0.6) is 0 Å². The summed E-state index contributed by atoms with van der Waals surface area (Å²) in [6.45, 7) is 4.96. The zero-order chi connectivity index (χ0) is 20.0. The van der Waals surface area contributed by atoms with E-state index in [1.54, 1.807) is 11.3 Å². The van der Waals surface area contributed by atoms with E-state index in [4.69, 9.17) is 11.6 Å². The number of para-hydroxylation sites is 1. The summed E-state index contributed by atoms with van der Waals surface area (Å²) in [5.74, 6) is 0.398. The molecule has 0 saturated carbocycles. The Balaban J connectivity index is 1.31. The van der Waals surface area contributed by atoms with Gasteiger partial charge < -0.3 is 15.3 Å². The zero-order valence-corrected chi connectivity index (χ0v) is 17.9. The van der Waals surface area contributed by atoms with Gasteiger partial charge in [0.25, 0.3) is 5.91 Å². The van der Waals surface area contributed by atoms with Crippen molar-refractivity contribution >= 4 is 34.5 Å². The van der Waals surface area contributed by atoms with Crippen LogP contribution in [-0.2, 0) is 13.0 Å². The van der Waals surface area contributed by atoms with E-state index >= 15 is 0 Å². The second-order valence-electron chi connectivity index (χ2n) is 8.65. The van der Waals surface area contributed by atoms with Gasteiger partial charge >= 0.3 is 0 Å². The molecule has 0 radical (unpaired) electrons. The van der Waals surface area contributed by atoms with E-state index in [9.17, 15) is 9.90 Å². The fourth-order valence-corrected chi connectivity index (χ4v) is 6.43. The molecule has 0 aliphatic carbocycles. The van der Waals surface area contributed by atoms with Gasteiger partial charge in [-0.25, -0.2) is 0 Å². The molecule has 5 rings (SSSR count). The van der Waals surface area contributed by atoms with Crippen LogP contribution >= 0.6 is 22.9 Å². The van der Waals surface area contributed by atoms with Gasteiger partial charge in [0.1, 0.15) is 0 Å². The molecule has 2 N–H and O–H groups in total. The van der Waals surface area contributed by atoms with Gasteiger partial charge in [-0.1, -0.05) is 23.7 Å². The van der Waals surface area contributed by atoms with Gasteiger partial charge in [-0.3, -0.25) is 9.69 Å². The molecule has 1 amide bonds. The van der Waals surface area contributed by atoms with Crippen molar-refractivity contribution in [2.75, 3.05) is 44.6 Å². The topological polar surface area (TPSA) is 55.8 Å². The summed E-state index contributed by atoms with van der Waals surface area (Å²) in [5, 5.41) is 13.7. The van der Waals surface area contributed by atoms with Crippen molar-refractivity contribution in [3.63, 3.8) is 0 Å². The minimum atomic E-state index is -0.223. The smallest absolute Gasteiger partial charge is 0.255 e. The Morgan fingerprint density at radius 3 is 2.93 bits per heavy atom. The van der Waals surface area contributed by atoms with Gasteiger partial charge in [0.15, 0.2) is 0 Å². The number of fused-ring (bicyclic) bond motifs is 2. The molecule has 154 valence electrons. The van der Waals surface area contributed by atoms with Crippen molar-refractivity contribution in [2.45, 2.75) is 19.4 Å². The number of rotatable bonds is 4. The highest BCUT2D eigenvalue weighted by Gasteiger charge is 2.53. The van der Waals surface area contributed by atoms with E-state index in [0.29, 0.717) is 19.0 Å². The molecular formula is C22H26ClN3O2S. The molecule has 3 aliphatic heterocycles. The Labute approximate surface area is 180 Å². The number of thiophene rings is 1. The first-order valence-electron chi connectivity index (χ1n) is 10.3. The average Bonchev–Trinajstić information content (AvgIpc) is 3.39. The molecule has 2 aromatic rings. The molecule has 2 unspecified atom stereocenters. The number of carbonyl (C=O) groups is 1. The molecule has 4 heterocycles. The van der Waals surface area contributed by atoms with Gasteiger partial charge in [0.05, 0.1) is 22.2 Å². The lowest BCUT2D eigenvalue weighted by molar-refractivity contribution is 0.0720. The number of aliphatic hydroxyl groups is 1. The van der Waals surface area contributed by atoms with E-state index in [0.717, 1.165) is 54.6 Å². The van der Waals surface area contributed by atoms with Crippen molar-refractivity contribution in [3.05, 3.63) is 50.7 Å². The number of aryl methyl sites for hydroxylation is 1. The van der Waals surface area contributed by atoms with Crippen molar-refractivity contribution < 1.29 is 9.90 Å². The second kappa shape index (κ2) is 7.58. The number of halogens is 1. The summed E-state index contributed by atoms with van der Waals surface area (Å²) in [7, 11) is 0. The van der Waals surface area contributed by atoms with E-state index in [-0.39, 0.29) is 17.9 Å². The first-order chi connectivity index (χ1) is 14.1.